The third-order valence-electron chi connectivity index (χ3n) is 4.05. The predicted molar refractivity (Wildman–Crippen MR) is 107 cm³/mol. The summed E-state index contributed by atoms with van der Waals surface area (Å²) in [4.78, 5) is 21.4. The molecule has 1 amide bonds. The van der Waals surface area contributed by atoms with Crippen molar-refractivity contribution in [1.82, 2.24) is 14.4 Å². The van der Waals surface area contributed by atoms with Crippen LogP contribution in [-0.2, 0) is 11.0 Å². The number of halogens is 4. The number of thiazole rings is 1. The summed E-state index contributed by atoms with van der Waals surface area (Å²) in [7, 11) is 0. The number of rotatable bonds is 5. The topological polar surface area (TPSA) is 59.3 Å². The van der Waals surface area contributed by atoms with Gasteiger partial charge in [0.05, 0.1) is 16.3 Å². The first-order valence-corrected chi connectivity index (χ1v) is 10.3. The van der Waals surface area contributed by atoms with E-state index in [1.54, 1.807) is 22.7 Å². The molecule has 1 N–H and O–H groups in total. The van der Waals surface area contributed by atoms with Crippen LogP contribution in [0.4, 0.5) is 23.4 Å². The molecule has 11 heteroatoms. The number of hydrogen-bond acceptors (Lipinski definition) is 5. The van der Waals surface area contributed by atoms with E-state index in [-0.39, 0.29) is 17.5 Å². The van der Waals surface area contributed by atoms with Crippen LogP contribution >= 0.6 is 23.1 Å². The number of imidazole rings is 1. The second kappa shape index (κ2) is 8.07. The van der Waals surface area contributed by atoms with Crippen molar-refractivity contribution in [1.29, 1.82) is 0 Å². The van der Waals surface area contributed by atoms with Gasteiger partial charge >= 0.3 is 6.18 Å². The van der Waals surface area contributed by atoms with Gasteiger partial charge in [-0.1, -0.05) is 11.8 Å². The van der Waals surface area contributed by atoms with E-state index in [1.165, 1.54) is 29.5 Å². The van der Waals surface area contributed by atoms with Crippen molar-refractivity contribution in [2.75, 3.05) is 11.1 Å². The number of carbonyl (C=O) groups is 1. The summed E-state index contributed by atoms with van der Waals surface area (Å²) < 4.78 is 52.8. The molecule has 0 saturated carbocycles. The second-order valence-corrected chi connectivity index (χ2v) is 7.96. The lowest BCUT2D eigenvalue weighted by Crippen LogP contribution is -2.16. The lowest BCUT2D eigenvalue weighted by atomic mass is 10.1. The molecule has 5 nitrogen and oxygen atoms in total. The normalized spacial score (nSPS) is 11.7. The smallest absolute Gasteiger partial charge is 0.309 e. The number of nitrogens with zero attached hydrogens (tertiary/aromatic N) is 3. The Bertz CT molecular complexity index is 1180. The van der Waals surface area contributed by atoms with Gasteiger partial charge in [-0.2, -0.15) is 13.2 Å². The monoisotopic (exact) mass is 452 g/mol. The summed E-state index contributed by atoms with van der Waals surface area (Å²) in [6.07, 6.45) is -1.98. The molecule has 0 aliphatic heterocycles. The minimum absolute atomic E-state index is 0.0570. The quantitative estimate of drug-likeness (QED) is 0.328. The number of fused-ring (bicyclic) bond motifs is 1. The van der Waals surface area contributed by atoms with Crippen LogP contribution in [0.1, 0.15) is 5.56 Å². The van der Waals surface area contributed by atoms with Gasteiger partial charge in [-0.25, -0.2) is 14.4 Å². The summed E-state index contributed by atoms with van der Waals surface area (Å²) >= 11 is 2.39. The van der Waals surface area contributed by atoms with Crippen molar-refractivity contribution in [2.24, 2.45) is 0 Å². The van der Waals surface area contributed by atoms with Gasteiger partial charge in [0.2, 0.25) is 5.91 Å². The molecule has 0 unspecified atom stereocenters. The van der Waals surface area contributed by atoms with Gasteiger partial charge in [0.1, 0.15) is 17.3 Å². The Hall–Kier alpha value is -2.92. The molecule has 4 rings (SSSR count). The minimum Gasteiger partial charge on any atom is -0.309 e. The highest BCUT2D eigenvalue weighted by molar-refractivity contribution is 7.99. The number of carbonyl (C=O) groups excluding carboxylic acids is 1. The van der Waals surface area contributed by atoms with Gasteiger partial charge in [-0.05, 0) is 36.4 Å². The van der Waals surface area contributed by atoms with Crippen LogP contribution in [0.25, 0.3) is 16.2 Å². The highest BCUT2D eigenvalue weighted by Crippen LogP contribution is 2.32. The van der Waals surface area contributed by atoms with Gasteiger partial charge in [0.25, 0.3) is 0 Å². The Labute approximate surface area is 175 Å². The van der Waals surface area contributed by atoms with Crippen LogP contribution in [0, 0.1) is 5.82 Å². The summed E-state index contributed by atoms with van der Waals surface area (Å²) in [5.41, 5.74) is 0.284. The van der Waals surface area contributed by atoms with Gasteiger partial charge < -0.3 is 5.32 Å². The Morgan fingerprint density at radius 1 is 1.17 bits per heavy atom. The number of anilines is 1. The highest BCUT2D eigenvalue weighted by Gasteiger charge is 2.30. The average Bonchev–Trinajstić information content (AvgIpc) is 3.29. The molecule has 0 saturated heterocycles. The van der Waals surface area contributed by atoms with Crippen molar-refractivity contribution >= 4 is 39.8 Å². The fourth-order valence-corrected chi connectivity index (χ4v) is 4.01. The second-order valence-electron chi connectivity index (χ2n) is 6.09. The maximum absolute atomic E-state index is 13.2. The molecule has 0 fully saturated rings. The Morgan fingerprint density at radius 3 is 2.60 bits per heavy atom. The van der Waals surface area contributed by atoms with Gasteiger partial charge in [0.15, 0.2) is 4.96 Å². The van der Waals surface area contributed by atoms with Crippen molar-refractivity contribution < 1.29 is 22.4 Å². The van der Waals surface area contributed by atoms with Crippen molar-refractivity contribution in [2.45, 2.75) is 11.2 Å². The number of nitrogens with one attached hydrogen (secondary N) is 1. The van der Waals surface area contributed by atoms with Gasteiger partial charge in [0, 0.05) is 23.3 Å². The van der Waals surface area contributed by atoms with E-state index < -0.39 is 11.7 Å². The average molecular weight is 452 g/mol. The Kier molecular flexibility index (Phi) is 5.48. The summed E-state index contributed by atoms with van der Waals surface area (Å²) in [5, 5.41) is 4.89. The minimum atomic E-state index is -4.46. The highest BCUT2D eigenvalue weighted by atomic mass is 32.2. The molecule has 0 bridgehead atoms. The van der Waals surface area contributed by atoms with Gasteiger partial charge in [-0.15, -0.1) is 11.3 Å². The number of hydrogen-bond donors (Lipinski definition) is 1. The molecule has 1 aromatic carbocycles. The molecule has 154 valence electrons. The zero-order chi connectivity index (χ0) is 21.3. The third kappa shape index (κ3) is 4.31. The van der Waals surface area contributed by atoms with Crippen LogP contribution in [0.15, 0.2) is 59.2 Å². The lowest BCUT2D eigenvalue weighted by molar-refractivity contribution is -0.137. The predicted octanol–water partition coefficient (Wildman–Crippen LogP) is 5.35. The van der Waals surface area contributed by atoms with E-state index in [9.17, 15) is 22.4 Å². The SMILES string of the molecule is O=C(CSc1ccc(C(F)(F)F)cn1)Nc1c(-c2ccc(F)cc2)nc2sccn12. The zero-order valence-corrected chi connectivity index (χ0v) is 16.6. The molecule has 3 heterocycles. The molecule has 0 atom stereocenters. The first-order valence-electron chi connectivity index (χ1n) is 8.48. The van der Waals surface area contributed by atoms with Crippen LogP contribution < -0.4 is 5.32 Å². The van der Waals surface area contributed by atoms with Gasteiger partial charge in [-0.3, -0.25) is 9.20 Å². The van der Waals surface area contributed by atoms with Crippen LogP contribution in [0.2, 0.25) is 0 Å². The van der Waals surface area contributed by atoms with Crippen LogP contribution in [-0.4, -0.2) is 26.0 Å². The number of alkyl halides is 3. The van der Waals surface area contributed by atoms with E-state index in [1.807, 2.05) is 5.38 Å². The van der Waals surface area contributed by atoms with E-state index in [0.717, 1.165) is 24.0 Å². The molecule has 3 aromatic heterocycles. The largest absolute Gasteiger partial charge is 0.417 e. The first-order chi connectivity index (χ1) is 14.3. The molecule has 0 spiro atoms. The Morgan fingerprint density at radius 2 is 1.93 bits per heavy atom. The van der Waals surface area contributed by atoms with Crippen LogP contribution in [0.5, 0.6) is 0 Å². The molecule has 0 radical (unpaired) electrons. The van der Waals surface area contributed by atoms with E-state index in [0.29, 0.717) is 27.1 Å². The lowest BCUT2D eigenvalue weighted by Gasteiger charge is -2.08. The number of thioether (sulfide) groups is 1. The maximum Gasteiger partial charge on any atom is 0.417 e. The summed E-state index contributed by atoms with van der Waals surface area (Å²) in [6, 6.07) is 7.89. The van der Waals surface area contributed by atoms with E-state index >= 15 is 0 Å². The number of aromatic nitrogens is 3. The number of pyridine rings is 1. The first kappa shape index (κ1) is 20.4. The van der Waals surface area contributed by atoms with E-state index in [2.05, 4.69) is 15.3 Å². The number of amides is 1. The summed E-state index contributed by atoms with van der Waals surface area (Å²) in [5.74, 6) is -0.383. The fraction of sp³-hybridized carbons (Fsp3) is 0.105. The van der Waals surface area contributed by atoms with E-state index in [4.69, 9.17) is 0 Å². The Balaban J connectivity index is 1.50. The van der Waals surface area contributed by atoms with Crippen molar-refractivity contribution in [3.05, 3.63) is 65.6 Å². The molecule has 0 aliphatic carbocycles. The molecule has 4 aromatic rings. The molecular weight excluding hydrogens is 440 g/mol. The maximum atomic E-state index is 13.2. The molecule has 0 aliphatic rings. The standard InChI is InChI=1S/C19H12F4N4OS2/c20-13-4-1-11(2-5-13)16-17(27-7-8-29-18(27)26-16)25-14(28)10-30-15-6-3-12(9-24-15)19(21,22)23/h1-9H,10H2,(H,25,28). The van der Waals surface area contributed by atoms with Crippen molar-refractivity contribution in [3.63, 3.8) is 0 Å². The zero-order valence-electron chi connectivity index (χ0n) is 15.0. The third-order valence-corrected chi connectivity index (χ3v) is 5.75. The fourth-order valence-electron chi connectivity index (χ4n) is 2.66. The van der Waals surface area contributed by atoms with Crippen molar-refractivity contribution in [3.8, 4) is 11.3 Å². The molecular formula is C19H12F4N4OS2. The summed E-state index contributed by atoms with van der Waals surface area (Å²) in [6.45, 7) is 0. The molecule has 30 heavy (non-hydrogen) atoms. The number of benzene rings is 1. The van der Waals surface area contributed by atoms with Crippen LogP contribution in [0.3, 0.4) is 0 Å².